The van der Waals surface area contributed by atoms with Crippen LogP contribution in [0.15, 0.2) is 0 Å². The second-order valence-electron chi connectivity index (χ2n) is 8.96. The summed E-state index contributed by atoms with van der Waals surface area (Å²) in [6.07, 6.45) is 2.88. The van der Waals surface area contributed by atoms with Crippen molar-refractivity contribution in [3.8, 4) is 0 Å². The lowest BCUT2D eigenvalue weighted by atomic mass is 9.84. The van der Waals surface area contributed by atoms with Gasteiger partial charge in [-0.15, -0.1) is 0 Å². The number of esters is 1. The number of nitrogens with one attached hydrogen (secondary N) is 1. The molecule has 0 unspecified atom stereocenters. The van der Waals surface area contributed by atoms with Gasteiger partial charge in [0, 0.05) is 7.05 Å². The van der Waals surface area contributed by atoms with Crippen molar-refractivity contribution in [1.29, 1.82) is 0 Å². The summed E-state index contributed by atoms with van der Waals surface area (Å²) in [7, 11) is 4.86. The highest BCUT2D eigenvalue weighted by Gasteiger charge is 2.41. The first-order valence-corrected chi connectivity index (χ1v) is 9.77. The molecule has 0 radical (unpaired) electrons. The molecule has 0 saturated carbocycles. The molecule has 1 N–H and O–H groups in total. The van der Waals surface area contributed by atoms with Crippen LogP contribution < -0.4 is 5.32 Å². The van der Waals surface area contributed by atoms with Crippen LogP contribution in [0.3, 0.4) is 0 Å². The Kier molecular flexibility index (Phi) is 8.26. The number of carbonyl (C=O) groups is 3. The summed E-state index contributed by atoms with van der Waals surface area (Å²) in [5.41, 5.74) is -0.494. The minimum absolute atomic E-state index is 0.104. The van der Waals surface area contributed by atoms with Crippen LogP contribution in [0.25, 0.3) is 0 Å². The first kappa shape index (κ1) is 23.4. The van der Waals surface area contributed by atoms with E-state index in [-0.39, 0.29) is 23.8 Å². The third kappa shape index (κ3) is 5.92. The molecule has 1 saturated heterocycles. The Labute approximate surface area is 163 Å². The molecule has 0 aromatic carbocycles. The molecule has 27 heavy (non-hydrogen) atoms. The van der Waals surface area contributed by atoms with Crippen molar-refractivity contribution >= 4 is 17.8 Å². The Morgan fingerprint density at radius 2 is 1.78 bits per heavy atom. The molecule has 0 aliphatic carbocycles. The number of likely N-dealkylation sites (N-methyl/N-ethyl adjacent to an activating group) is 2. The Morgan fingerprint density at radius 3 is 2.22 bits per heavy atom. The highest BCUT2D eigenvalue weighted by molar-refractivity contribution is 5.92. The fourth-order valence-corrected chi connectivity index (χ4v) is 3.63. The van der Waals surface area contributed by atoms with Crippen LogP contribution in [0.5, 0.6) is 0 Å². The predicted octanol–water partition coefficient (Wildman–Crippen LogP) is 1.66. The van der Waals surface area contributed by atoms with Gasteiger partial charge < -0.3 is 15.0 Å². The first-order valence-electron chi connectivity index (χ1n) is 9.77. The summed E-state index contributed by atoms with van der Waals surface area (Å²) in [4.78, 5) is 41.7. The van der Waals surface area contributed by atoms with Gasteiger partial charge >= 0.3 is 5.97 Å². The van der Waals surface area contributed by atoms with E-state index < -0.39 is 23.5 Å². The predicted molar refractivity (Wildman–Crippen MR) is 105 cm³/mol. The maximum atomic E-state index is 13.2. The molecule has 1 heterocycles. The number of hydrogen-bond acceptors (Lipinski definition) is 5. The fraction of sp³-hybridized carbons (Fsp3) is 0.850. The number of likely N-dealkylation sites (tertiary alicyclic amines) is 1. The van der Waals surface area contributed by atoms with Crippen LogP contribution in [-0.2, 0) is 19.1 Å². The number of rotatable bonds is 6. The SMILES string of the molecule is COC(=O)[C@H](C(C)C)N(C)C(=O)[C@@H](NC(=O)[C@H]1CCCCN1C)C(C)(C)C. The van der Waals surface area contributed by atoms with E-state index in [1.807, 2.05) is 46.6 Å². The first-order chi connectivity index (χ1) is 12.4. The second-order valence-corrected chi connectivity index (χ2v) is 8.96. The van der Waals surface area contributed by atoms with Crippen molar-refractivity contribution in [2.45, 2.75) is 72.0 Å². The Morgan fingerprint density at radius 1 is 1.19 bits per heavy atom. The standard InChI is InChI=1S/C20H37N3O4/c1-13(2)15(19(26)27-8)23(7)18(25)16(20(3,4)5)21-17(24)14-11-9-10-12-22(14)6/h13-16H,9-12H2,1-8H3,(H,21,24)/t14-,15+,16-/m1/s1. The van der Waals surface area contributed by atoms with Gasteiger partial charge in [-0.3, -0.25) is 14.5 Å². The van der Waals surface area contributed by atoms with Crippen molar-refractivity contribution in [2.24, 2.45) is 11.3 Å². The van der Waals surface area contributed by atoms with E-state index in [9.17, 15) is 14.4 Å². The van der Waals surface area contributed by atoms with Crippen LogP contribution in [0.2, 0.25) is 0 Å². The van der Waals surface area contributed by atoms with Gasteiger partial charge in [-0.2, -0.15) is 0 Å². The third-order valence-electron chi connectivity index (χ3n) is 5.31. The quantitative estimate of drug-likeness (QED) is 0.706. The lowest BCUT2D eigenvalue weighted by Crippen LogP contribution is -2.60. The molecule has 2 amide bonds. The average Bonchev–Trinajstić information content (AvgIpc) is 2.57. The van der Waals surface area contributed by atoms with Crippen LogP contribution in [0, 0.1) is 11.3 Å². The van der Waals surface area contributed by atoms with Crippen LogP contribution >= 0.6 is 0 Å². The molecule has 1 aliphatic heterocycles. The van der Waals surface area contributed by atoms with E-state index in [2.05, 4.69) is 5.32 Å². The van der Waals surface area contributed by atoms with E-state index in [4.69, 9.17) is 4.74 Å². The van der Waals surface area contributed by atoms with Gasteiger partial charge in [0.1, 0.15) is 12.1 Å². The number of piperidine rings is 1. The molecule has 7 nitrogen and oxygen atoms in total. The van der Waals surface area contributed by atoms with Crippen LogP contribution in [-0.4, -0.2) is 73.5 Å². The van der Waals surface area contributed by atoms with Gasteiger partial charge in [0.05, 0.1) is 13.2 Å². The van der Waals surface area contributed by atoms with E-state index >= 15 is 0 Å². The van der Waals surface area contributed by atoms with E-state index in [1.54, 1.807) is 7.05 Å². The largest absolute Gasteiger partial charge is 0.467 e. The molecular formula is C20H37N3O4. The molecule has 1 rings (SSSR count). The zero-order valence-electron chi connectivity index (χ0n) is 18.2. The third-order valence-corrected chi connectivity index (χ3v) is 5.31. The van der Waals surface area contributed by atoms with Gasteiger partial charge in [0.15, 0.2) is 0 Å². The zero-order valence-corrected chi connectivity index (χ0v) is 18.2. The molecule has 0 aromatic heterocycles. The van der Waals surface area contributed by atoms with E-state index in [0.717, 1.165) is 25.8 Å². The topological polar surface area (TPSA) is 79.0 Å². The van der Waals surface area contributed by atoms with Crippen molar-refractivity contribution < 1.29 is 19.1 Å². The summed E-state index contributed by atoms with van der Waals surface area (Å²) >= 11 is 0. The summed E-state index contributed by atoms with van der Waals surface area (Å²) in [6, 6.07) is -1.64. The maximum absolute atomic E-state index is 13.2. The lowest BCUT2D eigenvalue weighted by molar-refractivity contribution is -0.155. The van der Waals surface area contributed by atoms with E-state index in [0.29, 0.717) is 0 Å². The number of methoxy groups -OCH3 is 1. The minimum Gasteiger partial charge on any atom is -0.467 e. The smallest absolute Gasteiger partial charge is 0.328 e. The van der Waals surface area contributed by atoms with Crippen LogP contribution in [0.4, 0.5) is 0 Å². The van der Waals surface area contributed by atoms with Crippen LogP contribution in [0.1, 0.15) is 53.9 Å². The van der Waals surface area contributed by atoms with Gasteiger partial charge in [-0.1, -0.05) is 41.0 Å². The lowest BCUT2D eigenvalue weighted by Gasteiger charge is -2.39. The number of nitrogens with zero attached hydrogens (tertiary/aromatic N) is 2. The Bertz CT molecular complexity index is 542. The van der Waals surface area contributed by atoms with Crippen molar-refractivity contribution in [3.63, 3.8) is 0 Å². The maximum Gasteiger partial charge on any atom is 0.328 e. The normalized spacial score (nSPS) is 20.7. The highest BCUT2D eigenvalue weighted by atomic mass is 16.5. The highest BCUT2D eigenvalue weighted by Crippen LogP contribution is 2.24. The molecule has 1 aliphatic rings. The molecule has 156 valence electrons. The molecule has 1 fully saturated rings. The Hall–Kier alpha value is -1.63. The summed E-state index contributed by atoms with van der Waals surface area (Å²) < 4.78 is 4.87. The number of carbonyl (C=O) groups excluding carboxylic acids is 3. The molecule has 7 heteroatoms. The molecule has 0 bridgehead atoms. The molecular weight excluding hydrogens is 346 g/mol. The average molecular weight is 384 g/mol. The molecule has 0 aromatic rings. The van der Waals surface area contributed by atoms with Crippen molar-refractivity contribution in [2.75, 3.05) is 27.7 Å². The monoisotopic (exact) mass is 383 g/mol. The van der Waals surface area contributed by atoms with Gasteiger partial charge in [-0.25, -0.2) is 4.79 Å². The zero-order chi connectivity index (χ0) is 20.9. The summed E-state index contributed by atoms with van der Waals surface area (Å²) in [5.74, 6) is -0.963. The molecule has 3 atom stereocenters. The van der Waals surface area contributed by atoms with Crippen molar-refractivity contribution in [3.05, 3.63) is 0 Å². The number of amides is 2. The number of hydrogen-bond donors (Lipinski definition) is 1. The van der Waals surface area contributed by atoms with Crippen molar-refractivity contribution in [1.82, 2.24) is 15.1 Å². The molecule has 0 spiro atoms. The second kappa shape index (κ2) is 9.53. The van der Waals surface area contributed by atoms with E-state index in [1.165, 1.54) is 12.0 Å². The van der Waals surface area contributed by atoms with Gasteiger partial charge in [-0.05, 0) is 37.8 Å². The number of ether oxygens (including phenoxy) is 1. The summed E-state index contributed by atoms with van der Waals surface area (Å²) in [5, 5.41) is 2.96. The van der Waals surface area contributed by atoms with Gasteiger partial charge in [0.2, 0.25) is 11.8 Å². The summed E-state index contributed by atoms with van der Waals surface area (Å²) in [6.45, 7) is 10.4. The fourth-order valence-electron chi connectivity index (χ4n) is 3.63. The minimum atomic E-state index is -0.726. The Balaban J connectivity index is 3.03. The van der Waals surface area contributed by atoms with Gasteiger partial charge in [0.25, 0.3) is 0 Å².